The molecule has 4 aliphatic rings. The standard InChI is InChI=1S/C19H34FN/c1-2-5-16-12-14-8-10-15(11-9-14)13-19(21-16)17-6-3-4-7-18(17)20/h14-19,21H,2-13H2,1H3. The van der Waals surface area contributed by atoms with Gasteiger partial charge in [0.15, 0.2) is 0 Å². The number of halogens is 1. The molecule has 0 aromatic heterocycles. The summed E-state index contributed by atoms with van der Waals surface area (Å²) in [6, 6.07) is 1.11. The van der Waals surface area contributed by atoms with Crippen molar-refractivity contribution >= 4 is 0 Å². The maximum atomic E-state index is 14.5. The zero-order chi connectivity index (χ0) is 14.7. The van der Waals surface area contributed by atoms with Gasteiger partial charge in [-0.15, -0.1) is 0 Å². The van der Waals surface area contributed by atoms with Crippen LogP contribution in [0, 0.1) is 17.8 Å². The van der Waals surface area contributed by atoms with Gasteiger partial charge < -0.3 is 5.32 Å². The first-order valence-electron chi connectivity index (χ1n) is 9.66. The lowest BCUT2D eigenvalue weighted by atomic mass is 9.75. The van der Waals surface area contributed by atoms with Crippen LogP contribution in [-0.2, 0) is 0 Å². The van der Waals surface area contributed by atoms with Crippen molar-refractivity contribution in [1.82, 2.24) is 5.32 Å². The maximum Gasteiger partial charge on any atom is 0.104 e. The molecule has 4 rings (SSSR count). The molecule has 0 aromatic carbocycles. The second kappa shape index (κ2) is 7.44. The van der Waals surface area contributed by atoms with Gasteiger partial charge in [-0.05, 0) is 43.9 Å². The number of hydrogen-bond acceptors (Lipinski definition) is 1. The monoisotopic (exact) mass is 295 g/mol. The molecule has 2 heteroatoms. The van der Waals surface area contributed by atoms with Crippen molar-refractivity contribution in [1.29, 1.82) is 0 Å². The van der Waals surface area contributed by atoms with Gasteiger partial charge >= 0.3 is 0 Å². The highest BCUT2D eigenvalue weighted by Crippen LogP contribution is 2.40. The van der Waals surface area contributed by atoms with Crippen molar-refractivity contribution in [2.45, 2.75) is 102 Å². The lowest BCUT2D eigenvalue weighted by Crippen LogP contribution is -2.47. The molecule has 2 saturated carbocycles. The van der Waals surface area contributed by atoms with Crippen molar-refractivity contribution in [2.24, 2.45) is 17.8 Å². The van der Waals surface area contributed by atoms with E-state index in [9.17, 15) is 4.39 Å². The van der Waals surface area contributed by atoms with Crippen LogP contribution in [0.1, 0.15) is 84.0 Å². The van der Waals surface area contributed by atoms with E-state index in [-0.39, 0.29) is 0 Å². The fourth-order valence-corrected chi connectivity index (χ4v) is 5.32. The maximum absolute atomic E-state index is 14.5. The molecule has 4 atom stereocenters. The van der Waals surface area contributed by atoms with Gasteiger partial charge in [0.05, 0.1) is 0 Å². The van der Waals surface area contributed by atoms with Gasteiger partial charge in [-0.3, -0.25) is 0 Å². The minimum absolute atomic E-state index is 0.301. The van der Waals surface area contributed by atoms with Crippen LogP contribution >= 0.6 is 0 Å². The molecule has 2 saturated heterocycles. The quantitative estimate of drug-likeness (QED) is 0.750. The van der Waals surface area contributed by atoms with E-state index in [2.05, 4.69) is 12.2 Å². The molecule has 21 heavy (non-hydrogen) atoms. The summed E-state index contributed by atoms with van der Waals surface area (Å²) in [4.78, 5) is 0. The van der Waals surface area contributed by atoms with Crippen molar-refractivity contribution in [3.05, 3.63) is 0 Å². The summed E-state index contributed by atoms with van der Waals surface area (Å²) < 4.78 is 14.5. The minimum atomic E-state index is -0.545. The topological polar surface area (TPSA) is 12.0 Å². The Labute approximate surface area is 130 Å². The normalized spacial score (nSPS) is 44.9. The SMILES string of the molecule is CCCC1CC2CCC(CC2)CC(C2CCCCC2F)N1. The van der Waals surface area contributed by atoms with Gasteiger partial charge in [0.25, 0.3) is 0 Å². The fourth-order valence-electron chi connectivity index (χ4n) is 5.32. The van der Waals surface area contributed by atoms with Gasteiger partial charge in [0.1, 0.15) is 6.17 Å². The van der Waals surface area contributed by atoms with Crippen LogP contribution in [-0.4, -0.2) is 18.3 Å². The van der Waals surface area contributed by atoms with Crippen LogP contribution in [0.15, 0.2) is 0 Å². The first kappa shape index (κ1) is 15.8. The Morgan fingerprint density at radius 1 is 0.905 bits per heavy atom. The summed E-state index contributed by atoms with van der Waals surface area (Å²) >= 11 is 0. The molecule has 1 nitrogen and oxygen atoms in total. The summed E-state index contributed by atoms with van der Waals surface area (Å²) in [7, 11) is 0. The van der Waals surface area contributed by atoms with Gasteiger partial charge in [-0.2, -0.15) is 0 Å². The third-order valence-corrected chi connectivity index (χ3v) is 6.51. The van der Waals surface area contributed by atoms with Crippen LogP contribution in [0.2, 0.25) is 0 Å². The highest BCUT2D eigenvalue weighted by atomic mass is 19.1. The van der Waals surface area contributed by atoms with E-state index in [0.717, 1.165) is 31.1 Å². The van der Waals surface area contributed by atoms with Crippen LogP contribution in [0.5, 0.6) is 0 Å². The highest BCUT2D eigenvalue weighted by molar-refractivity contribution is 4.92. The molecule has 2 aliphatic heterocycles. The summed E-state index contributed by atoms with van der Waals surface area (Å²) in [6.45, 7) is 2.29. The van der Waals surface area contributed by atoms with E-state index in [0.29, 0.717) is 18.0 Å². The molecule has 122 valence electrons. The van der Waals surface area contributed by atoms with Crippen LogP contribution in [0.3, 0.4) is 0 Å². The Hall–Kier alpha value is -0.110. The third kappa shape index (κ3) is 4.00. The smallest absolute Gasteiger partial charge is 0.104 e. The Kier molecular flexibility index (Phi) is 5.59. The average molecular weight is 295 g/mol. The predicted molar refractivity (Wildman–Crippen MR) is 87.2 cm³/mol. The minimum Gasteiger partial charge on any atom is -0.311 e. The third-order valence-electron chi connectivity index (χ3n) is 6.51. The van der Waals surface area contributed by atoms with Crippen molar-refractivity contribution in [2.75, 3.05) is 0 Å². The molecule has 1 N–H and O–H groups in total. The Bertz CT molecular complexity index is 311. The van der Waals surface area contributed by atoms with Crippen molar-refractivity contribution in [3.63, 3.8) is 0 Å². The molecule has 4 unspecified atom stereocenters. The molecule has 0 amide bonds. The lowest BCUT2D eigenvalue weighted by Gasteiger charge is -2.37. The van der Waals surface area contributed by atoms with Gasteiger partial charge in [-0.25, -0.2) is 4.39 Å². The molecule has 0 spiro atoms. The zero-order valence-corrected chi connectivity index (χ0v) is 13.8. The predicted octanol–water partition coefficient (Wildman–Crippen LogP) is 5.24. The Morgan fingerprint density at radius 3 is 2.24 bits per heavy atom. The number of hydrogen-bond donors (Lipinski definition) is 1. The van der Waals surface area contributed by atoms with Gasteiger partial charge in [-0.1, -0.05) is 51.9 Å². The van der Waals surface area contributed by atoms with E-state index in [4.69, 9.17) is 0 Å². The molecule has 0 radical (unpaired) electrons. The van der Waals surface area contributed by atoms with Gasteiger partial charge in [0.2, 0.25) is 0 Å². The van der Waals surface area contributed by atoms with Crippen LogP contribution in [0.25, 0.3) is 0 Å². The fraction of sp³-hybridized carbons (Fsp3) is 1.00. The number of nitrogens with one attached hydrogen (secondary N) is 1. The first-order chi connectivity index (χ1) is 10.3. The summed E-state index contributed by atoms with van der Waals surface area (Å²) in [5.41, 5.74) is 0. The van der Waals surface area contributed by atoms with Gasteiger partial charge in [0, 0.05) is 18.0 Å². The molecule has 4 fully saturated rings. The summed E-state index contributed by atoms with van der Waals surface area (Å²) in [6.07, 6.45) is 14.6. The second-order valence-electron chi connectivity index (χ2n) is 8.08. The Morgan fingerprint density at radius 2 is 1.57 bits per heavy atom. The van der Waals surface area contributed by atoms with E-state index in [1.54, 1.807) is 0 Å². The molecule has 2 bridgehead atoms. The highest BCUT2D eigenvalue weighted by Gasteiger charge is 2.37. The number of alkyl halides is 1. The molecule has 0 aromatic rings. The summed E-state index contributed by atoms with van der Waals surface area (Å²) in [5, 5.41) is 3.96. The number of rotatable bonds is 3. The molecule has 2 heterocycles. The van der Waals surface area contributed by atoms with E-state index >= 15 is 0 Å². The molecule has 2 aliphatic carbocycles. The summed E-state index contributed by atoms with van der Waals surface area (Å²) in [5.74, 6) is 2.11. The van der Waals surface area contributed by atoms with E-state index in [1.807, 2.05) is 0 Å². The first-order valence-corrected chi connectivity index (χ1v) is 9.66. The second-order valence-corrected chi connectivity index (χ2v) is 8.08. The number of fused-ring (bicyclic) bond motifs is 6. The average Bonchev–Trinajstić information content (AvgIpc) is 2.62. The molecular weight excluding hydrogens is 261 g/mol. The largest absolute Gasteiger partial charge is 0.311 e. The van der Waals surface area contributed by atoms with Crippen LogP contribution in [0.4, 0.5) is 4.39 Å². The van der Waals surface area contributed by atoms with Crippen molar-refractivity contribution in [3.8, 4) is 0 Å². The van der Waals surface area contributed by atoms with Crippen molar-refractivity contribution < 1.29 is 4.39 Å². The van der Waals surface area contributed by atoms with E-state index < -0.39 is 6.17 Å². The zero-order valence-electron chi connectivity index (χ0n) is 13.8. The Balaban J connectivity index is 1.72. The molecular formula is C19H34FN. The van der Waals surface area contributed by atoms with Crippen LogP contribution < -0.4 is 5.32 Å². The van der Waals surface area contributed by atoms with E-state index in [1.165, 1.54) is 57.8 Å². The lowest BCUT2D eigenvalue weighted by molar-refractivity contribution is 0.110.